The molecule has 8 rings (SSSR count). The maximum absolute atomic E-state index is 17.2. The first kappa shape index (κ1) is 31.7. The van der Waals surface area contributed by atoms with E-state index >= 15 is 8.78 Å². The average Bonchev–Trinajstić information content (AvgIpc) is 3.70. The number of ether oxygens (including phenoxy) is 2. The highest BCUT2D eigenvalue weighted by atomic mass is 35.5. The van der Waals surface area contributed by atoms with E-state index in [0.29, 0.717) is 25.2 Å². The first-order chi connectivity index (χ1) is 23.1. The number of benzene rings is 2. The quantitative estimate of drug-likeness (QED) is 0.210. The Morgan fingerprint density at radius 1 is 1.21 bits per heavy atom. The molecule has 0 saturated carbocycles. The van der Waals surface area contributed by atoms with Gasteiger partial charge in [-0.1, -0.05) is 24.6 Å². The third-order valence-electron chi connectivity index (χ3n) is 10.6. The number of anilines is 2. The fourth-order valence-corrected chi connectivity index (χ4v) is 9.94. The monoisotopic (exact) mass is 700 g/mol. The van der Waals surface area contributed by atoms with Crippen molar-refractivity contribution in [1.29, 1.82) is 5.26 Å². The molecule has 4 aliphatic rings. The van der Waals surface area contributed by atoms with Crippen LogP contribution < -0.4 is 20.1 Å². The van der Waals surface area contributed by atoms with Gasteiger partial charge in [0.05, 0.1) is 38.9 Å². The molecule has 3 unspecified atom stereocenters. The number of halogens is 5. The zero-order valence-electron chi connectivity index (χ0n) is 26.2. The van der Waals surface area contributed by atoms with E-state index in [1.807, 2.05) is 6.07 Å². The van der Waals surface area contributed by atoms with E-state index in [0.717, 1.165) is 43.7 Å². The lowest BCUT2D eigenvalue weighted by Gasteiger charge is -2.44. The lowest BCUT2D eigenvalue weighted by Crippen LogP contribution is -2.51. The van der Waals surface area contributed by atoms with Crippen LogP contribution in [0, 0.1) is 28.9 Å². The van der Waals surface area contributed by atoms with Crippen molar-refractivity contribution in [3.05, 3.63) is 34.4 Å². The largest absolute Gasteiger partial charge is 0.491 e. The van der Waals surface area contributed by atoms with Gasteiger partial charge in [-0.25, -0.2) is 17.6 Å². The number of nitriles is 1. The van der Waals surface area contributed by atoms with Crippen molar-refractivity contribution < 1.29 is 27.0 Å². The maximum Gasteiger partial charge on any atom is 0.319 e. The van der Waals surface area contributed by atoms with Crippen LogP contribution in [0.3, 0.4) is 0 Å². The van der Waals surface area contributed by atoms with Gasteiger partial charge >= 0.3 is 6.01 Å². The molecule has 0 amide bonds. The van der Waals surface area contributed by atoms with E-state index in [9.17, 15) is 14.0 Å². The Morgan fingerprint density at radius 2 is 2.04 bits per heavy atom. The first-order valence-electron chi connectivity index (χ1n) is 16.3. The van der Waals surface area contributed by atoms with Gasteiger partial charge in [0.2, 0.25) is 0 Å². The fraction of sp³-hybridized carbons (Fsp3) is 0.500. The fourth-order valence-electron chi connectivity index (χ4n) is 8.66. The predicted molar refractivity (Wildman–Crippen MR) is 177 cm³/mol. The molecule has 6 heterocycles. The summed E-state index contributed by atoms with van der Waals surface area (Å²) in [5.74, 6) is -0.901. The molecular weight excluding hydrogens is 668 g/mol. The van der Waals surface area contributed by atoms with Gasteiger partial charge in [0, 0.05) is 30.0 Å². The van der Waals surface area contributed by atoms with E-state index in [1.165, 1.54) is 12.1 Å². The third kappa shape index (κ3) is 4.77. The van der Waals surface area contributed by atoms with Gasteiger partial charge in [-0.2, -0.15) is 15.2 Å². The molecule has 4 aliphatic heterocycles. The number of fused-ring (bicyclic) bond motifs is 4. The van der Waals surface area contributed by atoms with Gasteiger partial charge in [0.25, 0.3) is 6.43 Å². The number of thiophene rings is 1. The molecular formula is C34H33ClF4N6O2S. The van der Waals surface area contributed by atoms with Crippen molar-refractivity contribution in [2.75, 3.05) is 36.9 Å². The minimum atomic E-state index is -2.68. The average molecular weight is 701 g/mol. The van der Waals surface area contributed by atoms with Gasteiger partial charge in [-0.3, -0.25) is 4.90 Å². The van der Waals surface area contributed by atoms with Gasteiger partial charge in [-0.15, -0.1) is 11.3 Å². The van der Waals surface area contributed by atoms with Crippen molar-refractivity contribution >= 4 is 54.7 Å². The molecule has 14 heteroatoms. The van der Waals surface area contributed by atoms with Crippen molar-refractivity contribution in [3.8, 4) is 29.0 Å². The van der Waals surface area contributed by atoms with Crippen molar-refractivity contribution in [3.63, 3.8) is 0 Å². The van der Waals surface area contributed by atoms with Crippen molar-refractivity contribution in [1.82, 2.24) is 14.9 Å². The molecule has 252 valence electrons. The summed E-state index contributed by atoms with van der Waals surface area (Å²) in [7, 11) is 0. The Bertz CT molecular complexity index is 2000. The van der Waals surface area contributed by atoms with Crippen LogP contribution in [0.4, 0.5) is 28.4 Å². The zero-order valence-corrected chi connectivity index (χ0v) is 27.7. The normalized spacial score (nSPS) is 25.5. The topological polar surface area (TPSA) is 101 Å². The minimum absolute atomic E-state index is 0.00172. The summed E-state index contributed by atoms with van der Waals surface area (Å²) in [5, 5.41) is 10.0. The van der Waals surface area contributed by atoms with E-state index in [2.05, 4.69) is 16.8 Å². The molecule has 0 radical (unpaired) electrons. The molecule has 2 N–H and O–H groups in total. The molecule has 4 atom stereocenters. The SMILES string of the molecule is C[C@H]1CN2CCCC2(COc2nc3c4c(c(Cl)c(-c5ccc(F)c6sc(N)c(C#N)c56)c(F)c4n2)OCCC2CCCC(C(F)F)N32)C1. The molecule has 8 nitrogen and oxygen atoms in total. The number of nitrogens with two attached hydrogens (primary N) is 1. The van der Waals surface area contributed by atoms with Gasteiger partial charge in [0.15, 0.2) is 11.6 Å². The summed E-state index contributed by atoms with van der Waals surface area (Å²) in [4.78, 5) is 13.4. The highest BCUT2D eigenvalue weighted by Crippen LogP contribution is 2.52. The minimum Gasteiger partial charge on any atom is -0.491 e. The van der Waals surface area contributed by atoms with Crippen LogP contribution in [0.25, 0.3) is 32.1 Å². The number of nitrogen functional groups attached to an aromatic ring is 1. The van der Waals surface area contributed by atoms with Crippen molar-refractivity contribution in [2.45, 2.75) is 75.9 Å². The second-order valence-electron chi connectivity index (χ2n) is 13.5. The van der Waals surface area contributed by atoms with Gasteiger partial charge in [-0.05, 0) is 62.6 Å². The van der Waals surface area contributed by atoms with Crippen LogP contribution in [-0.2, 0) is 0 Å². The van der Waals surface area contributed by atoms with Crippen LogP contribution in [0.5, 0.6) is 11.8 Å². The Kier molecular flexibility index (Phi) is 7.77. The summed E-state index contributed by atoms with van der Waals surface area (Å²) in [6.45, 7) is 4.52. The zero-order chi connectivity index (χ0) is 33.5. The number of hydrogen-bond donors (Lipinski definition) is 1. The van der Waals surface area contributed by atoms with E-state index in [4.69, 9.17) is 31.8 Å². The number of aromatic nitrogens is 2. The second-order valence-corrected chi connectivity index (χ2v) is 15.0. The molecule has 3 saturated heterocycles. The van der Waals surface area contributed by atoms with E-state index in [1.54, 1.807) is 4.90 Å². The van der Waals surface area contributed by atoms with Crippen molar-refractivity contribution in [2.24, 2.45) is 5.92 Å². The van der Waals surface area contributed by atoms with Crippen LogP contribution in [0.1, 0.15) is 57.4 Å². The molecule has 48 heavy (non-hydrogen) atoms. The van der Waals surface area contributed by atoms with Crippen LogP contribution in [-0.4, -0.2) is 65.2 Å². The molecule has 2 aromatic carbocycles. The molecule has 2 aromatic heterocycles. The Labute approximate surface area is 283 Å². The summed E-state index contributed by atoms with van der Waals surface area (Å²) in [6, 6.07) is 2.90. The van der Waals surface area contributed by atoms with Gasteiger partial charge < -0.3 is 20.1 Å². The Hall–Kier alpha value is -3.60. The Balaban J connectivity index is 1.38. The molecule has 0 spiro atoms. The molecule has 0 bridgehead atoms. The van der Waals surface area contributed by atoms with E-state index < -0.39 is 24.1 Å². The lowest BCUT2D eigenvalue weighted by atomic mass is 9.91. The van der Waals surface area contributed by atoms with E-state index in [-0.39, 0.29) is 96.5 Å². The smallest absolute Gasteiger partial charge is 0.319 e. The highest BCUT2D eigenvalue weighted by Gasteiger charge is 2.48. The molecule has 4 aromatic rings. The number of alkyl halides is 2. The third-order valence-corrected chi connectivity index (χ3v) is 12.0. The predicted octanol–water partition coefficient (Wildman–Crippen LogP) is 7.93. The summed E-state index contributed by atoms with van der Waals surface area (Å²) >= 11 is 7.89. The second kappa shape index (κ2) is 11.8. The van der Waals surface area contributed by atoms with Crippen LogP contribution in [0.2, 0.25) is 5.02 Å². The highest BCUT2D eigenvalue weighted by molar-refractivity contribution is 7.23. The van der Waals surface area contributed by atoms with Gasteiger partial charge in [0.1, 0.15) is 34.8 Å². The summed E-state index contributed by atoms with van der Waals surface area (Å²) in [5.41, 5.74) is 5.63. The number of hydrogen-bond acceptors (Lipinski definition) is 9. The first-order valence-corrected chi connectivity index (χ1v) is 17.5. The van der Waals surface area contributed by atoms with Crippen LogP contribution in [0.15, 0.2) is 12.1 Å². The molecule has 3 fully saturated rings. The number of nitrogens with zero attached hydrogens (tertiary/aromatic N) is 5. The summed E-state index contributed by atoms with van der Waals surface area (Å²) < 4.78 is 74.3. The maximum atomic E-state index is 17.2. The molecule has 0 aliphatic carbocycles. The lowest BCUT2D eigenvalue weighted by molar-refractivity contribution is 0.0889. The Morgan fingerprint density at radius 3 is 2.83 bits per heavy atom. The van der Waals surface area contributed by atoms with Crippen LogP contribution >= 0.6 is 22.9 Å². The number of rotatable bonds is 5. The number of piperidine rings is 1. The summed E-state index contributed by atoms with van der Waals surface area (Å²) in [6.07, 6.45) is 2.12. The standard InChI is InChI=1S/C34H33ClF4N6O2S/c1-16-12-34(9-3-10-44(34)14-16)15-47-33-42-27-24-28(46-11-8-17-4-2-5-21(30(38)39)45(17)32(24)43-33)25(35)23(26(27)37)18-6-7-20(36)29-22(18)19(13-40)31(41)48-29/h6-7,16-17,21,30H,2-5,8-12,14-15,41H2,1H3/t16-,17?,21?,34?/m1/s1.